The van der Waals surface area contributed by atoms with Gasteiger partial charge in [-0.3, -0.25) is 4.79 Å². The summed E-state index contributed by atoms with van der Waals surface area (Å²) in [4.78, 5) is 12.8. The molecule has 2 aromatic rings. The first kappa shape index (κ1) is 26.0. The second-order valence-electron chi connectivity index (χ2n) is 8.43. The normalized spacial score (nSPS) is 19.3. The Morgan fingerprint density at radius 2 is 1.62 bits per heavy atom. The Kier molecular flexibility index (Phi) is 8.90. The number of sulfonamides is 1. The van der Waals surface area contributed by atoms with Crippen LogP contribution in [0.3, 0.4) is 0 Å². The van der Waals surface area contributed by atoms with Crippen LogP contribution in [0, 0.1) is 11.7 Å². The molecule has 1 saturated carbocycles. The summed E-state index contributed by atoms with van der Waals surface area (Å²) in [5.74, 6) is 0.333. The summed E-state index contributed by atoms with van der Waals surface area (Å²) in [7, 11) is -3.75. The van der Waals surface area contributed by atoms with Crippen molar-refractivity contribution in [3.8, 4) is 11.5 Å². The molecule has 0 spiro atoms. The molecule has 0 radical (unpaired) electrons. The van der Waals surface area contributed by atoms with Gasteiger partial charge in [0, 0.05) is 18.0 Å². The van der Waals surface area contributed by atoms with Crippen molar-refractivity contribution < 1.29 is 27.1 Å². The van der Waals surface area contributed by atoms with Gasteiger partial charge in [0.25, 0.3) is 0 Å². The predicted molar refractivity (Wildman–Crippen MR) is 128 cm³/mol. The molecule has 2 N–H and O–H groups in total. The highest BCUT2D eigenvalue weighted by atomic mass is 32.2. The van der Waals surface area contributed by atoms with E-state index in [2.05, 4.69) is 10.0 Å². The summed E-state index contributed by atoms with van der Waals surface area (Å²) in [5, 5.41) is 2.98. The number of hydrogen-bond acceptors (Lipinski definition) is 5. The van der Waals surface area contributed by atoms with E-state index in [1.165, 1.54) is 24.3 Å². The first-order chi connectivity index (χ1) is 16.2. The zero-order chi connectivity index (χ0) is 24.7. The minimum Gasteiger partial charge on any atom is -0.490 e. The monoisotopic (exact) mass is 492 g/mol. The maximum Gasteiger partial charge on any atom is 0.240 e. The molecule has 2 aromatic carbocycles. The lowest BCUT2D eigenvalue weighted by atomic mass is 9.85. The Hall–Kier alpha value is -2.65. The Morgan fingerprint density at radius 1 is 1.00 bits per heavy atom. The summed E-state index contributed by atoms with van der Waals surface area (Å²) < 4.78 is 52.9. The summed E-state index contributed by atoms with van der Waals surface area (Å²) >= 11 is 0. The van der Waals surface area contributed by atoms with Crippen LogP contribution in [0.5, 0.6) is 11.5 Å². The van der Waals surface area contributed by atoms with Gasteiger partial charge in [0.15, 0.2) is 11.5 Å². The van der Waals surface area contributed by atoms with Gasteiger partial charge in [-0.2, -0.15) is 0 Å². The van der Waals surface area contributed by atoms with Gasteiger partial charge in [0.1, 0.15) is 5.82 Å². The van der Waals surface area contributed by atoms with Gasteiger partial charge in [0.2, 0.25) is 15.9 Å². The molecule has 3 rings (SSSR count). The smallest absolute Gasteiger partial charge is 0.240 e. The maximum absolute atomic E-state index is 13.1. The van der Waals surface area contributed by atoms with Crippen LogP contribution < -0.4 is 19.5 Å². The second kappa shape index (κ2) is 11.7. The van der Waals surface area contributed by atoms with Crippen molar-refractivity contribution in [1.82, 2.24) is 10.0 Å². The molecule has 0 heterocycles. The molecule has 34 heavy (non-hydrogen) atoms. The molecular weight excluding hydrogens is 459 g/mol. The number of benzene rings is 2. The molecule has 186 valence electrons. The van der Waals surface area contributed by atoms with Crippen LogP contribution >= 0.6 is 0 Å². The third-order valence-electron chi connectivity index (χ3n) is 5.97. The molecule has 1 atom stereocenters. The average Bonchev–Trinajstić information content (AvgIpc) is 2.81. The molecular formula is C25H33FN2O5S. The van der Waals surface area contributed by atoms with E-state index < -0.39 is 10.0 Å². The average molecular weight is 493 g/mol. The Labute approximate surface area is 201 Å². The highest BCUT2D eigenvalue weighted by molar-refractivity contribution is 7.89. The quantitative estimate of drug-likeness (QED) is 0.515. The predicted octanol–water partition coefficient (Wildman–Crippen LogP) is 4.34. The lowest BCUT2D eigenvalue weighted by Gasteiger charge is -2.29. The molecule has 1 aliphatic carbocycles. The molecule has 0 bridgehead atoms. The Balaban J connectivity index is 1.56. The van der Waals surface area contributed by atoms with E-state index in [1.807, 2.05) is 20.8 Å². The minimum atomic E-state index is -3.75. The van der Waals surface area contributed by atoms with Crippen molar-refractivity contribution in [2.75, 3.05) is 13.2 Å². The van der Waals surface area contributed by atoms with Crippen molar-refractivity contribution in [2.45, 2.75) is 63.4 Å². The van der Waals surface area contributed by atoms with Gasteiger partial charge >= 0.3 is 0 Å². The third kappa shape index (κ3) is 6.70. The highest BCUT2D eigenvalue weighted by Gasteiger charge is 2.30. The van der Waals surface area contributed by atoms with E-state index >= 15 is 0 Å². The number of carbonyl (C=O) groups is 1. The van der Waals surface area contributed by atoms with Gasteiger partial charge in [-0.05, 0) is 76.3 Å². The number of nitrogens with one attached hydrogen (secondary N) is 2. The fraction of sp³-hybridized carbons (Fsp3) is 0.480. The van der Waals surface area contributed by atoms with Gasteiger partial charge in [-0.25, -0.2) is 17.5 Å². The lowest BCUT2D eigenvalue weighted by molar-refractivity contribution is -0.126. The molecule has 1 fully saturated rings. The highest BCUT2D eigenvalue weighted by Crippen LogP contribution is 2.31. The summed E-state index contributed by atoms with van der Waals surface area (Å²) in [6, 6.07) is 10.2. The lowest BCUT2D eigenvalue weighted by Crippen LogP contribution is -2.41. The van der Waals surface area contributed by atoms with E-state index in [0.717, 1.165) is 5.56 Å². The topological polar surface area (TPSA) is 93.7 Å². The molecule has 9 heteroatoms. The summed E-state index contributed by atoms with van der Waals surface area (Å²) in [6.07, 6.45) is 2.31. The first-order valence-electron chi connectivity index (χ1n) is 11.7. The molecule has 0 aliphatic heterocycles. The maximum atomic E-state index is 13.1. The number of hydrogen-bond donors (Lipinski definition) is 2. The van der Waals surface area contributed by atoms with E-state index in [4.69, 9.17) is 9.47 Å². The fourth-order valence-electron chi connectivity index (χ4n) is 4.13. The van der Waals surface area contributed by atoms with E-state index in [1.54, 1.807) is 18.2 Å². The number of carbonyl (C=O) groups excluding carboxylic acids is 1. The molecule has 7 nitrogen and oxygen atoms in total. The number of amides is 1. The number of halogens is 1. The van der Waals surface area contributed by atoms with Crippen LogP contribution in [0.2, 0.25) is 0 Å². The van der Waals surface area contributed by atoms with Crippen LogP contribution in [0.15, 0.2) is 47.4 Å². The van der Waals surface area contributed by atoms with Gasteiger partial charge < -0.3 is 14.8 Å². The van der Waals surface area contributed by atoms with Gasteiger partial charge in [-0.15, -0.1) is 0 Å². The Morgan fingerprint density at radius 3 is 2.24 bits per heavy atom. The molecule has 1 aliphatic rings. The standard InChI is InChI=1S/C25H33FN2O5S/c1-4-32-23-15-14-22(16-24(23)33-5-2)34(30,31)28-21-12-8-19(9-13-21)25(29)27-17(3)18-6-10-20(26)11-7-18/h6-7,10-11,14-17,19,21,28H,4-5,8-9,12-13H2,1-3H3,(H,27,29)/t17-,19-,21-/m1/s1. The van der Waals surface area contributed by atoms with Crippen LogP contribution in [0.25, 0.3) is 0 Å². The van der Waals surface area contributed by atoms with Crippen molar-refractivity contribution in [2.24, 2.45) is 5.92 Å². The van der Waals surface area contributed by atoms with Crippen LogP contribution in [0.1, 0.15) is 58.1 Å². The van der Waals surface area contributed by atoms with Crippen LogP contribution in [-0.2, 0) is 14.8 Å². The van der Waals surface area contributed by atoms with Crippen LogP contribution in [-0.4, -0.2) is 33.6 Å². The van der Waals surface area contributed by atoms with Crippen molar-refractivity contribution >= 4 is 15.9 Å². The van der Waals surface area contributed by atoms with Crippen molar-refractivity contribution in [3.63, 3.8) is 0 Å². The van der Waals surface area contributed by atoms with Gasteiger partial charge in [0.05, 0.1) is 24.2 Å². The number of ether oxygens (including phenoxy) is 2. The molecule has 1 amide bonds. The van der Waals surface area contributed by atoms with E-state index in [9.17, 15) is 17.6 Å². The van der Waals surface area contributed by atoms with Crippen molar-refractivity contribution in [1.29, 1.82) is 0 Å². The zero-order valence-corrected chi connectivity index (χ0v) is 20.7. The molecule has 0 unspecified atom stereocenters. The van der Waals surface area contributed by atoms with Gasteiger partial charge in [-0.1, -0.05) is 12.1 Å². The molecule has 0 saturated heterocycles. The first-order valence-corrected chi connectivity index (χ1v) is 13.2. The second-order valence-corrected chi connectivity index (χ2v) is 10.1. The van der Waals surface area contributed by atoms with E-state index in [-0.39, 0.29) is 34.6 Å². The Bertz CT molecular complexity index is 1070. The third-order valence-corrected chi connectivity index (χ3v) is 7.49. The SMILES string of the molecule is CCOc1ccc(S(=O)(=O)N[C@H]2CC[C@H](C(=O)N[C@H](C)c3ccc(F)cc3)CC2)cc1OCC. The fourth-order valence-corrected chi connectivity index (χ4v) is 5.45. The van der Waals surface area contributed by atoms with Crippen LogP contribution in [0.4, 0.5) is 4.39 Å². The summed E-state index contributed by atoms with van der Waals surface area (Å²) in [6.45, 7) is 6.37. The van der Waals surface area contributed by atoms with Crippen molar-refractivity contribution in [3.05, 3.63) is 53.8 Å². The molecule has 0 aromatic heterocycles. The minimum absolute atomic E-state index is 0.0639. The number of rotatable bonds is 10. The largest absolute Gasteiger partial charge is 0.490 e. The zero-order valence-electron chi connectivity index (χ0n) is 19.8. The van der Waals surface area contributed by atoms with E-state index in [0.29, 0.717) is 50.4 Å². The summed E-state index contributed by atoms with van der Waals surface area (Å²) in [5.41, 5.74) is 0.831.